The summed E-state index contributed by atoms with van der Waals surface area (Å²) in [4.78, 5) is 5.32. The summed E-state index contributed by atoms with van der Waals surface area (Å²) < 4.78 is 0. The van der Waals surface area contributed by atoms with Crippen LogP contribution in [0.25, 0.3) is 0 Å². The van der Waals surface area contributed by atoms with Crippen molar-refractivity contribution in [3.8, 4) is 0 Å². The number of aliphatic hydroxyl groups is 1. The number of rotatable bonds is 3. The number of hydrogen-bond donors (Lipinski definition) is 1. The van der Waals surface area contributed by atoms with Gasteiger partial charge in [-0.25, -0.2) is 0 Å². The molecular weight excluding hydrogens is 260 g/mol. The van der Waals surface area contributed by atoms with E-state index in [4.69, 9.17) is 0 Å². The van der Waals surface area contributed by atoms with Crippen LogP contribution in [0.5, 0.6) is 0 Å². The summed E-state index contributed by atoms with van der Waals surface area (Å²) >= 11 is 0. The van der Waals surface area contributed by atoms with E-state index in [0.29, 0.717) is 0 Å². The summed E-state index contributed by atoms with van der Waals surface area (Å²) in [5.41, 5.74) is -0.368. The summed E-state index contributed by atoms with van der Waals surface area (Å²) in [7, 11) is 0. The third-order valence-corrected chi connectivity index (χ3v) is 6.88. The Hall–Kier alpha value is -0.120. The van der Waals surface area contributed by atoms with Gasteiger partial charge in [-0.1, -0.05) is 25.7 Å². The Morgan fingerprint density at radius 1 is 0.905 bits per heavy atom. The summed E-state index contributed by atoms with van der Waals surface area (Å²) in [5.74, 6) is 2.07. The van der Waals surface area contributed by atoms with Crippen molar-refractivity contribution in [3.05, 3.63) is 0 Å². The SMILES string of the molecule is OC1(CN2CCN(C3CC4CCC3C4)CC2)CCCCC1. The lowest BCUT2D eigenvalue weighted by Gasteiger charge is -2.44. The van der Waals surface area contributed by atoms with Gasteiger partial charge in [-0.3, -0.25) is 9.80 Å². The molecule has 1 saturated heterocycles. The molecule has 0 aromatic rings. The maximum absolute atomic E-state index is 10.7. The molecular formula is C18H32N2O. The highest BCUT2D eigenvalue weighted by Gasteiger charge is 2.43. The predicted octanol–water partition coefficient (Wildman–Crippen LogP) is 2.49. The highest BCUT2D eigenvalue weighted by atomic mass is 16.3. The van der Waals surface area contributed by atoms with Crippen LogP contribution in [0.15, 0.2) is 0 Å². The standard InChI is InChI=1S/C18H32N2O/c21-18(6-2-1-3-7-18)14-19-8-10-20(11-9-19)17-13-15-4-5-16(17)12-15/h15-17,21H,1-14H2. The molecule has 0 aromatic heterocycles. The van der Waals surface area contributed by atoms with E-state index in [1.54, 1.807) is 0 Å². The van der Waals surface area contributed by atoms with Gasteiger partial charge in [0.25, 0.3) is 0 Å². The third-order valence-electron chi connectivity index (χ3n) is 6.88. The second kappa shape index (κ2) is 5.82. The molecule has 0 amide bonds. The van der Waals surface area contributed by atoms with Crippen LogP contribution in [0.1, 0.15) is 57.8 Å². The van der Waals surface area contributed by atoms with E-state index in [-0.39, 0.29) is 5.60 Å². The van der Waals surface area contributed by atoms with Crippen molar-refractivity contribution < 1.29 is 5.11 Å². The van der Waals surface area contributed by atoms with Gasteiger partial charge in [-0.05, 0) is 43.9 Å². The van der Waals surface area contributed by atoms with Gasteiger partial charge in [0, 0.05) is 38.8 Å². The minimum atomic E-state index is -0.368. The van der Waals surface area contributed by atoms with Crippen molar-refractivity contribution in [2.75, 3.05) is 32.7 Å². The smallest absolute Gasteiger partial charge is 0.0774 e. The normalized spacial score (nSPS) is 40.7. The molecule has 3 aliphatic carbocycles. The molecule has 3 unspecified atom stereocenters. The molecule has 1 N–H and O–H groups in total. The molecule has 3 heteroatoms. The lowest BCUT2D eigenvalue weighted by molar-refractivity contribution is -0.0401. The van der Waals surface area contributed by atoms with Gasteiger partial charge in [0.1, 0.15) is 0 Å². The van der Waals surface area contributed by atoms with E-state index < -0.39 is 0 Å². The highest BCUT2D eigenvalue weighted by molar-refractivity contribution is 4.97. The van der Waals surface area contributed by atoms with E-state index >= 15 is 0 Å². The van der Waals surface area contributed by atoms with Gasteiger partial charge < -0.3 is 5.11 Å². The number of β-amino-alcohol motifs (C(OH)–C–C–N with tert-alkyl or cyclic N) is 1. The van der Waals surface area contributed by atoms with Crippen molar-refractivity contribution in [2.24, 2.45) is 11.8 Å². The first-order valence-electron chi connectivity index (χ1n) is 9.41. The zero-order valence-electron chi connectivity index (χ0n) is 13.5. The zero-order valence-corrected chi connectivity index (χ0v) is 13.5. The molecule has 4 fully saturated rings. The topological polar surface area (TPSA) is 26.7 Å². The largest absolute Gasteiger partial charge is 0.389 e. The van der Waals surface area contributed by atoms with Crippen LogP contribution in [0, 0.1) is 11.8 Å². The number of fused-ring (bicyclic) bond motifs is 2. The van der Waals surface area contributed by atoms with Crippen LogP contribution in [0.2, 0.25) is 0 Å². The second-order valence-electron chi connectivity index (χ2n) is 8.34. The van der Waals surface area contributed by atoms with Crippen molar-refractivity contribution in [1.82, 2.24) is 9.80 Å². The third kappa shape index (κ3) is 3.02. The van der Waals surface area contributed by atoms with Crippen molar-refractivity contribution in [3.63, 3.8) is 0 Å². The molecule has 3 saturated carbocycles. The molecule has 1 heterocycles. The van der Waals surface area contributed by atoms with Gasteiger partial charge in [0.05, 0.1) is 5.60 Å². The second-order valence-corrected chi connectivity index (χ2v) is 8.34. The van der Waals surface area contributed by atoms with Gasteiger partial charge in [-0.2, -0.15) is 0 Å². The Bertz CT molecular complexity index is 358. The molecule has 1 aliphatic heterocycles. The van der Waals surface area contributed by atoms with Crippen LogP contribution in [0.4, 0.5) is 0 Å². The van der Waals surface area contributed by atoms with Crippen molar-refractivity contribution in [1.29, 1.82) is 0 Å². The molecule has 21 heavy (non-hydrogen) atoms. The van der Waals surface area contributed by atoms with Crippen LogP contribution in [-0.2, 0) is 0 Å². The Kier molecular flexibility index (Phi) is 4.01. The first kappa shape index (κ1) is 14.5. The molecule has 4 aliphatic rings. The number of nitrogens with zero attached hydrogens (tertiary/aromatic N) is 2. The van der Waals surface area contributed by atoms with Gasteiger partial charge >= 0.3 is 0 Å². The molecule has 0 aromatic carbocycles. The van der Waals surface area contributed by atoms with Crippen LogP contribution in [-0.4, -0.2) is 59.3 Å². The Labute approximate surface area is 129 Å². The fourth-order valence-corrected chi connectivity index (χ4v) is 5.70. The first-order valence-corrected chi connectivity index (χ1v) is 9.41. The Morgan fingerprint density at radius 2 is 1.67 bits per heavy atom. The molecule has 0 spiro atoms. The Balaban J connectivity index is 1.27. The molecule has 3 atom stereocenters. The van der Waals surface area contributed by atoms with E-state index in [9.17, 15) is 5.11 Å². The van der Waals surface area contributed by atoms with Crippen molar-refractivity contribution in [2.45, 2.75) is 69.4 Å². The minimum absolute atomic E-state index is 0.368. The molecule has 4 rings (SSSR count). The van der Waals surface area contributed by atoms with E-state index in [2.05, 4.69) is 9.80 Å². The first-order chi connectivity index (χ1) is 10.2. The monoisotopic (exact) mass is 292 g/mol. The fourth-order valence-electron chi connectivity index (χ4n) is 5.70. The molecule has 120 valence electrons. The maximum Gasteiger partial charge on any atom is 0.0774 e. The van der Waals surface area contributed by atoms with Crippen LogP contribution < -0.4 is 0 Å². The lowest BCUT2D eigenvalue weighted by atomic mass is 9.84. The van der Waals surface area contributed by atoms with Crippen LogP contribution >= 0.6 is 0 Å². The maximum atomic E-state index is 10.7. The minimum Gasteiger partial charge on any atom is -0.389 e. The highest BCUT2D eigenvalue weighted by Crippen LogP contribution is 2.46. The zero-order chi connectivity index (χ0) is 14.3. The van der Waals surface area contributed by atoms with Gasteiger partial charge in [0.15, 0.2) is 0 Å². The summed E-state index contributed by atoms with van der Waals surface area (Å²) in [5, 5.41) is 10.7. The predicted molar refractivity (Wildman–Crippen MR) is 85.3 cm³/mol. The lowest BCUT2D eigenvalue weighted by Crippen LogP contribution is -2.55. The average molecular weight is 292 g/mol. The van der Waals surface area contributed by atoms with E-state index in [1.165, 1.54) is 71.1 Å². The van der Waals surface area contributed by atoms with Gasteiger partial charge in [0.2, 0.25) is 0 Å². The molecule has 3 nitrogen and oxygen atoms in total. The fraction of sp³-hybridized carbons (Fsp3) is 1.00. The number of piperazine rings is 1. The summed E-state index contributed by atoms with van der Waals surface area (Å²) in [6.45, 7) is 5.76. The average Bonchev–Trinajstić information content (AvgIpc) is 3.11. The molecule has 2 bridgehead atoms. The molecule has 0 radical (unpaired) electrons. The summed E-state index contributed by atoms with van der Waals surface area (Å²) in [6.07, 6.45) is 11.8. The van der Waals surface area contributed by atoms with Crippen molar-refractivity contribution >= 4 is 0 Å². The van der Waals surface area contributed by atoms with Crippen LogP contribution in [0.3, 0.4) is 0 Å². The number of hydrogen-bond acceptors (Lipinski definition) is 3. The van der Waals surface area contributed by atoms with Gasteiger partial charge in [-0.15, -0.1) is 0 Å². The quantitative estimate of drug-likeness (QED) is 0.866. The van der Waals surface area contributed by atoms with E-state index in [0.717, 1.165) is 37.3 Å². The van der Waals surface area contributed by atoms with E-state index in [1.807, 2.05) is 0 Å². The summed E-state index contributed by atoms with van der Waals surface area (Å²) in [6, 6.07) is 0.906. The Morgan fingerprint density at radius 3 is 2.29 bits per heavy atom.